The lowest BCUT2D eigenvalue weighted by atomic mass is 10.1. The van der Waals surface area contributed by atoms with Crippen LogP contribution in [0, 0.1) is 17.6 Å². The van der Waals surface area contributed by atoms with Crippen LogP contribution in [0.4, 0.5) is 8.78 Å². The van der Waals surface area contributed by atoms with Crippen molar-refractivity contribution in [2.75, 3.05) is 26.0 Å². The maximum Gasteiger partial charge on any atom is 0.267 e. The first-order chi connectivity index (χ1) is 15.9. The topological polar surface area (TPSA) is 107 Å². The summed E-state index contributed by atoms with van der Waals surface area (Å²) in [4.78, 5) is 15.7. The van der Waals surface area contributed by atoms with Gasteiger partial charge in [-0.3, -0.25) is 4.79 Å². The summed E-state index contributed by atoms with van der Waals surface area (Å²) in [5, 5.41) is 3.31. The van der Waals surface area contributed by atoms with E-state index in [-0.39, 0.29) is 34.7 Å². The lowest BCUT2D eigenvalue weighted by Gasteiger charge is -2.12. The summed E-state index contributed by atoms with van der Waals surface area (Å²) in [5.41, 5.74) is -0.928. The van der Waals surface area contributed by atoms with Gasteiger partial charge in [-0.25, -0.2) is 26.9 Å². The molecule has 1 heterocycles. The molecule has 0 saturated heterocycles. The van der Waals surface area contributed by atoms with Crippen LogP contribution in [-0.2, 0) is 16.6 Å². The van der Waals surface area contributed by atoms with Gasteiger partial charge in [0.05, 0.1) is 24.6 Å². The lowest BCUT2D eigenvalue weighted by Crippen LogP contribution is -2.30. The van der Waals surface area contributed by atoms with Crippen molar-refractivity contribution < 1.29 is 31.5 Å². The minimum Gasteiger partial charge on any atom is -0.487 e. The molecule has 0 unspecified atom stereocenters. The van der Waals surface area contributed by atoms with Gasteiger partial charge in [-0.15, -0.1) is 0 Å². The smallest absolute Gasteiger partial charge is 0.267 e. The number of ether oxygens (including phenoxy) is 2. The summed E-state index contributed by atoms with van der Waals surface area (Å²) in [7, 11) is -3.92. The molecule has 2 N–H and O–H groups in total. The number of hydrogen-bond donors (Lipinski definition) is 2. The predicted molar refractivity (Wildman–Crippen MR) is 127 cm³/mol. The van der Waals surface area contributed by atoms with Gasteiger partial charge >= 0.3 is 0 Å². The van der Waals surface area contributed by atoms with E-state index in [1.54, 1.807) is 4.72 Å². The molecule has 1 aromatic heterocycles. The molecular weight excluding hydrogens is 492 g/mol. The third kappa shape index (κ3) is 10.6. The molecule has 34 heavy (non-hydrogen) atoms. The Balaban J connectivity index is 0.00000104. The monoisotopic (exact) mass is 521 g/mol. The van der Waals surface area contributed by atoms with Crippen LogP contribution >= 0.6 is 11.6 Å². The van der Waals surface area contributed by atoms with Gasteiger partial charge in [0.25, 0.3) is 5.91 Å². The van der Waals surface area contributed by atoms with Gasteiger partial charge in [-0.05, 0) is 31.1 Å². The third-order valence-electron chi connectivity index (χ3n) is 3.89. The minimum absolute atomic E-state index is 0.185. The zero-order valence-electron chi connectivity index (χ0n) is 19.7. The second-order valence-corrected chi connectivity index (χ2v) is 9.69. The largest absolute Gasteiger partial charge is 0.487 e. The van der Waals surface area contributed by atoms with Gasteiger partial charge in [-0.2, -0.15) is 0 Å². The molecule has 12 heteroatoms. The number of pyridine rings is 1. The fourth-order valence-corrected chi connectivity index (χ4v) is 3.00. The summed E-state index contributed by atoms with van der Waals surface area (Å²) in [6.45, 7) is 10.4. The molecule has 0 aliphatic heterocycles. The molecule has 0 bridgehead atoms. The number of sulfonamides is 1. The number of carbonyl (C=O) groups is 1. The number of carbonyl (C=O) groups excluding carboxylic acids is 1. The summed E-state index contributed by atoms with van der Waals surface area (Å²) in [6, 6.07) is 2.77. The van der Waals surface area contributed by atoms with E-state index in [0.717, 1.165) is 25.4 Å². The van der Waals surface area contributed by atoms with Crippen LogP contribution in [-0.4, -0.2) is 45.3 Å². The van der Waals surface area contributed by atoms with Crippen LogP contribution in [0.3, 0.4) is 0 Å². The highest BCUT2D eigenvalue weighted by Gasteiger charge is 2.19. The number of hydrogen-bond acceptors (Lipinski definition) is 7. The van der Waals surface area contributed by atoms with E-state index in [4.69, 9.17) is 21.1 Å². The zero-order chi connectivity index (χ0) is 25.9. The van der Waals surface area contributed by atoms with Crippen molar-refractivity contribution >= 4 is 27.5 Å². The molecule has 2 aromatic rings. The normalized spacial score (nSPS) is 11.0. The van der Waals surface area contributed by atoms with Gasteiger partial charge < -0.3 is 14.8 Å². The van der Waals surface area contributed by atoms with Crippen molar-refractivity contribution in [3.63, 3.8) is 0 Å². The van der Waals surface area contributed by atoms with Gasteiger partial charge in [0.2, 0.25) is 15.9 Å². The SMILES string of the molecule is CC(C)COc1ncc(OCc2cc(F)c(C(=O)NS(C)(=O)=O)cc2F)cc1Cl.CCNCC. The Morgan fingerprint density at radius 2 is 1.76 bits per heavy atom. The number of amides is 1. The molecule has 0 aliphatic rings. The van der Waals surface area contributed by atoms with Crippen molar-refractivity contribution in [3.05, 3.63) is 52.2 Å². The average molecular weight is 522 g/mol. The molecule has 0 saturated carbocycles. The number of benzene rings is 1. The molecule has 0 radical (unpaired) electrons. The van der Waals surface area contributed by atoms with Gasteiger partial charge in [0.15, 0.2) is 0 Å². The standard InChI is InChI=1S/C18H19ClF2N2O5S.C4H11N/c1-10(2)8-28-18-14(19)5-12(7-22-18)27-9-11-4-16(21)13(6-15(11)20)17(24)23-29(3,25)26;1-3-5-4-2/h4-7,10H,8-9H2,1-3H3,(H,23,24);5H,3-4H2,1-2H3. The summed E-state index contributed by atoms with van der Waals surface area (Å²) < 4.78 is 62.8. The quantitative estimate of drug-likeness (QED) is 0.488. The maximum atomic E-state index is 14.2. The van der Waals surface area contributed by atoms with Crippen LogP contribution in [0.1, 0.15) is 43.6 Å². The number of rotatable bonds is 10. The van der Waals surface area contributed by atoms with Crippen molar-refractivity contribution in [3.8, 4) is 11.6 Å². The molecule has 1 aromatic carbocycles. The molecule has 190 valence electrons. The van der Waals surface area contributed by atoms with Crippen LogP contribution in [0.15, 0.2) is 24.4 Å². The highest BCUT2D eigenvalue weighted by molar-refractivity contribution is 7.89. The summed E-state index contributed by atoms with van der Waals surface area (Å²) in [6.07, 6.45) is 2.05. The fourth-order valence-electron chi connectivity index (χ4n) is 2.35. The van der Waals surface area contributed by atoms with Gasteiger partial charge in [0, 0.05) is 11.6 Å². The van der Waals surface area contributed by atoms with E-state index in [1.165, 1.54) is 12.3 Å². The Morgan fingerprint density at radius 1 is 1.12 bits per heavy atom. The van der Waals surface area contributed by atoms with Gasteiger partial charge in [0.1, 0.15) is 29.0 Å². The Bertz CT molecular complexity index is 1070. The number of nitrogens with one attached hydrogen (secondary N) is 2. The highest BCUT2D eigenvalue weighted by Crippen LogP contribution is 2.27. The predicted octanol–water partition coefficient (Wildman–Crippen LogP) is 3.93. The second kappa shape index (κ2) is 14.0. The van der Waals surface area contributed by atoms with Crippen LogP contribution in [0.5, 0.6) is 11.6 Å². The van der Waals surface area contributed by atoms with E-state index in [2.05, 4.69) is 24.1 Å². The molecule has 0 atom stereocenters. The van der Waals surface area contributed by atoms with Gasteiger partial charge in [-0.1, -0.05) is 39.3 Å². The van der Waals surface area contributed by atoms with Crippen molar-refractivity contribution in [2.45, 2.75) is 34.3 Å². The molecule has 8 nitrogen and oxygen atoms in total. The Kier molecular flexibility index (Phi) is 12.2. The van der Waals surface area contributed by atoms with Crippen molar-refractivity contribution in [1.82, 2.24) is 15.0 Å². The summed E-state index contributed by atoms with van der Waals surface area (Å²) >= 11 is 6.06. The lowest BCUT2D eigenvalue weighted by molar-refractivity contribution is 0.0977. The van der Waals surface area contributed by atoms with Crippen molar-refractivity contribution in [1.29, 1.82) is 0 Å². The van der Waals surface area contributed by atoms with Crippen molar-refractivity contribution in [2.24, 2.45) is 5.92 Å². The molecule has 0 fully saturated rings. The van der Waals surface area contributed by atoms with E-state index < -0.39 is 33.1 Å². The number of halogens is 3. The zero-order valence-corrected chi connectivity index (χ0v) is 21.3. The minimum atomic E-state index is -3.92. The number of nitrogens with zero attached hydrogens (tertiary/aromatic N) is 1. The molecule has 2 rings (SSSR count). The summed E-state index contributed by atoms with van der Waals surface area (Å²) in [5.74, 6) is -2.61. The van der Waals surface area contributed by atoms with E-state index in [0.29, 0.717) is 12.7 Å². The Morgan fingerprint density at radius 3 is 2.26 bits per heavy atom. The fraction of sp³-hybridized carbons (Fsp3) is 0.455. The molecular formula is C22H30ClF2N3O5S. The Labute approximate surface area is 204 Å². The first-order valence-electron chi connectivity index (χ1n) is 10.5. The first-order valence-corrected chi connectivity index (χ1v) is 12.8. The molecule has 0 spiro atoms. The van der Waals surface area contributed by atoms with Crippen LogP contribution in [0.25, 0.3) is 0 Å². The van der Waals surface area contributed by atoms with E-state index in [9.17, 15) is 22.0 Å². The Hall–Kier alpha value is -2.50. The third-order valence-corrected chi connectivity index (χ3v) is 4.72. The second-order valence-electron chi connectivity index (χ2n) is 7.54. The molecule has 1 amide bonds. The van der Waals surface area contributed by atoms with Crippen LogP contribution < -0.4 is 19.5 Å². The average Bonchev–Trinajstić information content (AvgIpc) is 2.73. The maximum absolute atomic E-state index is 14.2. The number of aromatic nitrogens is 1. The molecule has 0 aliphatic carbocycles. The van der Waals surface area contributed by atoms with Crippen LogP contribution in [0.2, 0.25) is 5.02 Å². The highest BCUT2D eigenvalue weighted by atomic mass is 35.5. The van der Waals surface area contributed by atoms with E-state index >= 15 is 0 Å². The van der Waals surface area contributed by atoms with E-state index in [1.807, 2.05) is 13.8 Å². The first kappa shape index (κ1) is 29.5.